The number of nitrogens with one attached hydrogen (secondary N) is 2. The van der Waals surface area contributed by atoms with Crippen LogP contribution >= 0.6 is 24.0 Å². The highest BCUT2D eigenvalue weighted by molar-refractivity contribution is 14.0. The maximum Gasteiger partial charge on any atom is 0.422 e. The van der Waals surface area contributed by atoms with Crippen molar-refractivity contribution in [3.05, 3.63) is 46.8 Å². The Labute approximate surface area is 191 Å². The molecule has 0 aliphatic carbocycles. The number of ether oxygens (including phenoxy) is 1. The maximum atomic E-state index is 12.5. The fourth-order valence-corrected chi connectivity index (χ4v) is 2.75. The molecule has 0 spiro atoms. The standard InChI is InChI=1S/C20H27F3N4O2.HI/c1-4-16-15(17(5-2)29-27-16)12-26-19(24-6-3)25-11-14-9-7-8-10-18(14)28-13-20(21,22)23;/h7-10H,4-6,11-13H2,1-3H3,(H2,24,25,26);1H. The number of nitrogens with zero attached hydrogens (tertiary/aromatic N) is 2. The van der Waals surface area contributed by atoms with Crippen molar-refractivity contribution in [1.82, 2.24) is 15.8 Å². The Morgan fingerprint density at radius 1 is 1.13 bits per heavy atom. The van der Waals surface area contributed by atoms with Crippen LogP contribution in [0, 0.1) is 0 Å². The van der Waals surface area contributed by atoms with Crippen LogP contribution in [0.4, 0.5) is 13.2 Å². The minimum atomic E-state index is -4.39. The van der Waals surface area contributed by atoms with Crippen LogP contribution in [0.15, 0.2) is 33.8 Å². The summed E-state index contributed by atoms with van der Waals surface area (Å²) in [5.41, 5.74) is 2.48. The number of guanidine groups is 1. The van der Waals surface area contributed by atoms with E-state index in [1.807, 2.05) is 20.8 Å². The molecular weight excluding hydrogens is 512 g/mol. The lowest BCUT2D eigenvalue weighted by Gasteiger charge is -2.14. The van der Waals surface area contributed by atoms with Crippen LogP contribution in [-0.2, 0) is 25.9 Å². The first-order valence-electron chi connectivity index (χ1n) is 9.63. The fraction of sp³-hybridized carbons (Fsp3) is 0.500. The van der Waals surface area contributed by atoms with Crippen molar-refractivity contribution in [3.8, 4) is 5.75 Å². The van der Waals surface area contributed by atoms with Crippen LogP contribution in [0.1, 0.15) is 43.4 Å². The van der Waals surface area contributed by atoms with Crippen LogP contribution < -0.4 is 15.4 Å². The summed E-state index contributed by atoms with van der Waals surface area (Å²) in [7, 11) is 0. The van der Waals surface area contributed by atoms with Gasteiger partial charge in [-0.2, -0.15) is 13.2 Å². The highest BCUT2D eigenvalue weighted by Gasteiger charge is 2.28. The van der Waals surface area contributed by atoms with Gasteiger partial charge in [0.05, 0.1) is 12.2 Å². The number of aliphatic imine (C=N–C) groups is 1. The van der Waals surface area contributed by atoms with Crippen molar-refractivity contribution in [2.24, 2.45) is 4.99 Å². The number of aromatic nitrogens is 1. The summed E-state index contributed by atoms with van der Waals surface area (Å²) in [4.78, 5) is 4.48. The van der Waals surface area contributed by atoms with Crippen LogP contribution in [0.25, 0.3) is 0 Å². The van der Waals surface area contributed by atoms with Crippen LogP contribution in [-0.4, -0.2) is 30.4 Å². The molecule has 6 nitrogen and oxygen atoms in total. The van der Waals surface area contributed by atoms with Crippen molar-refractivity contribution in [1.29, 1.82) is 0 Å². The van der Waals surface area contributed by atoms with E-state index in [1.165, 1.54) is 6.07 Å². The first kappa shape index (κ1) is 26.1. The lowest BCUT2D eigenvalue weighted by atomic mass is 10.1. The maximum absolute atomic E-state index is 12.5. The molecule has 0 amide bonds. The average molecular weight is 540 g/mol. The summed E-state index contributed by atoms with van der Waals surface area (Å²) < 4.78 is 47.7. The van der Waals surface area contributed by atoms with Gasteiger partial charge in [-0.25, -0.2) is 4.99 Å². The molecule has 30 heavy (non-hydrogen) atoms. The van der Waals surface area contributed by atoms with Crippen molar-refractivity contribution in [2.75, 3.05) is 13.2 Å². The lowest BCUT2D eigenvalue weighted by molar-refractivity contribution is -0.153. The highest BCUT2D eigenvalue weighted by atomic mass is 127. The quantitative estimate of drug-likeness (QED) is 0.276. The zero-order chi connectivity index (χ0) is 21.3. The van der Waals surface area contributed by atoms with E-state index < -0.39 is 12.8 Å². The minimum Gasteiger partial charge on any atom is -0.484 e. The molecule has 0 saturated carbocycles. The smallest absolute Gasteiger partial charge is 0.422 e. The van der Waals surface area contributed by atoms with E-state index in [0.29, 0.717) is 24.6 Å². The summed E-state index contributed by atoms with van der Waals surface area (Å²) >= 11 is 0. The minimum absolute atomic E-state index is 0. The van der Waals surface area contributed by atoms with Gasteiger partial charge in [-0.3, -0.25) is 0 Å². The Balaban J connectivity index is 0.00000450. The van der Waals surface area contributed by atoms with E-state index in [-0.39, 0.29) is 36.3 Å². The molecule has 0 bridgehead atoms. The van der Waals surface area contributed by atoms with Gasteiger partial charge >= 0.3 is 6.18 Å². The zero-order valence-electron chi connectivity index (χ0n) is 17.3. The molecule has 0 atom stereocenters. The molecule has 1 aromatic heterocycles. The van der Waals surface area contributed by atoms with E-state index in [4.69, 9.17) is 9.26 Å². The van der Waals surface area contributed by atoms with E-state index >= 15 is 0 Å². The van der Waals surface area contributed by atoms with Crippen LogP contribution in [0.2, 0.25) is 0 Å². The number of para-hydroxylation sites is 1. The molecule has 0 fully saturated rings. The van der Waals surface area contributed by atoms with Crippen molar-refractivity contribution < 1.29 is 22.4 Å². The Bertz CT molecular complexity index is 788. The van der Waals surface area contributed by atoms with Gasteiger partial charge in [0.1, 0.15) is 11.5 Å². The molecule has 2 aromatic rings. The second-order valence-corrected chi connectivity index (χ2v) is 6.30. The van der Waals surface area contributed by atoms with Crippen LogP contribution in [0.5, 0.6) is 5.75 Å². The molecule has 1 aromatic carbocycles. The van der Waals surface area contributed by atoms with Gasteiger partial charge < -0.3 is 19.9 Å². The summed E-state index contributed by atoms with van der Waals surface area (Å²) in [6.07, 6.45) is -2.89. The number of halogens is 4. The third kappa shape index (κ3) is 8.04. The number of rotatable bonds is 9. The van der Waals surface area contributed by atoms with Crippen molar-refractivity contribution in [3.63, 3.8) is 0 Å². The number of aryl methyl sites for hydroxylation is 2. The van der Waals surface area contributed by atoms with Gasteiger partial charge in [-0.05, 0) is 19.4 Å². The fourth-order valence-electron chi connectivity index (χ4n) is 2.75. The second kappa shape index (κ2) is 12.7. The SMILES string of the molecule is CCNC(=NCc1ccccc1OCC(F)(F)F)NCc1c(CC)noc1CC.I. The molecule has 10 heteroatoms. The monoisotopic (exact) mass is 540 g/mol. The second-order valence-electron chi connectivity index (χ2n) is 6.30. The van der Waals surface area contributed by atoms with Crippen molar-refractivity contribution in [2.45, 2.75) is 52.9 Å². The Hall–Kier alpha value is -1.98. The van der Waals surface area contributed by atoms with Gasteiger partial charge in [0.15, 0.2) is 12.6 Å². The normalized spacial score (nSPS) is 11.7. The molecule has 168 valence electrons. The predicted molar refractivity (Wildman–Crippen MR) is 120 cm³/mol. The number of hydrogen-bond donors (Lipinski definition) is 2. The Kier molecular flexibility index (Phi) is 11.0. The molecule has 0 saturated heterocycles. The molecule has 1 heterocycles. The van der Waals surface area contributed by atoms with Gasteiger partial charge in [0.25, 0.3) is 0 Å². The summed E-state index contributed by atoms with van der Waals surface area (Å²) in [6, 6.07) is 6.58. The number of hydrogen-bond acceptors (Lipinski definition) is 4. The molecule has 0 aliphatic rings. The first-order chi connectivity index (χ1) is 13.9. The van der Waals surface area contributed by atoms with Gasteiger partial charge in [-0.1, -0.05) is 37.2 Å². The van der Waals surface area contributed by atoms with E-state index in [0.717, 1.165) is 29.9 Å². The molecule has 2 rings (SSSR count). The summed E-state index contributed by atoms with van der Waals surface area (Å²) in [5.74, 6) is 1.55. The van der Waals surface area contributed by atoms with Crippen molar-refractivity contribution >= 4 is 29.9 Å². The van der Waals surface area contributed by atoms with E-state index in [1.54, 1.807) is 18.2 Å². The first-order valence-corrected chi connectivity index (χ1v) is 9.63. The number of alkyl halides is 3. The molecular formula is C20H28F3IN4O2. The number of benzene rings is 1. The summed E-state index contributed by atoms with van der Waals surface area (Å²) in [6.45, 7) is 5.93. The van der Waals surface area contributed by atoms with Gasteiger partial charge in [-0.15, -0.1) is 24.0 Å². The van der Waals surface area contributed by atoms with E-state index in [2.05, 4.69) is 20.8 Å². The van der Waals surface area contributed by atoms with Gasteiger partial charge in [0, 0.05) is 30.6 Å². The predicted octanol–water partition coefficient (Wildman–Crippen LogP) is 4.61. The Morgan fingerprint density at radius 3 is 2.50 bits per heavy atom. The van der Waals surface area contributed by atoms with Gasteiger partial charge in [0.2, 0.25) is 0 Å². The topological polar surface area (TPSA) is 71.7 Å². The molecule has 0 aliphatic heterocycles. The molecule has 0 radical (unpaired) electrons. The molecule has 2 N–H and O–H groups in total. The summed E-state index contributed by atoms with van der Waals surface area (Å²) in [5, 5.41) is 10.5. The molecule has 0 unspecified atom stereocenters. The third-order valence-electron chi connectivity index (χ3n) is 4.16. The highest BCUT2D eigenvalue weighted by Crippen LogP contribution is 2.23. The average Bonchev–Trinajstić information content (AvgIpc) is 3.10. The Morgan fingerprint density at radius 2 is 1.87 bits per heavy atom. The largest absolute Gasteiger partial charge is 0.484 e. The third-order valence-corrected chi connectivity index (χ3v) is 4.16. The zero-order valence-corrected chi connectivity index (χ0v) is 19.6. The van der Waals surface area contributed by atoms with E-state index in [9.17, 15) is 13.2 Å². The van der Waals surface area contributed by atoms with Crippen LogP contribution in [0.3, 0.4) is 0 Å². The lowest BCUT2D eigenvalue weighted by Crippen LogP contribution is -2.37.